The normalized spacial score (nSPS) is 13.1. The van der Waals surface area contributed by atoms with Gasteiger partial charge in [-0.1, -0.05) is 30.3 Å². The van der Waals surface area contributed by atoms with Gasteiger partial charge < -0.3 is 4.90 Å². The molecule has 1 rings (SSSR count). The van der Waals surface area contributed by atoms with Crippen LogP contribution in [0.4, 0.5) is 13.2 Å². The molecule has 0 heterocycles. The number of rotatable bonds is 5. The fourth-order valence-corrected chi connectivity index (χ4v) is 1.99. The summed E-state index contributed by atoms with van der Waals surface area (Å²) >= 11 is 4.17. The molecule has 106 valence electrons. The van der Waals surface area contributed by atoms with Crippen LogP contribution in [0, 0.1) is 0 Å². The lowest BCUT2D eigenvalue weighted by Gasteiger charge is -2.21. The van der Waals surface area contributed by atoms with Gasteiger partial charge in [-0.2, -0.15) is 25.8 Å². The van der Waals surface area contributed by atoms with Crippen molar-refractivity contribution >= 4 is 18.5 Å². The van der Waals surface area contributed by atoms with Gasteiger partial charge in [-0.05, 0) is 12.0 Å². The van der Waals surface area contributed by atoms with Gasteiger partial charge in [0.15, 0.2) is 0 Å². The molecule has 1 atom stereocenters. The van der Waals surface area contributed by atoms with E-state index in [0.29, 0.717) is 6.42 Å². The Morgan fingerprint density at radius 3 is 2.42 bits per heavy atom. The number of halogens is 3. The molecule has 0 spiro atoms. The average Bonchev–Trinajstić information content (AvgIpc) is 2.35. The predicted molar refractivity (Wildman–Crippen MR) is 71.2 cm³/mol. The minimum absolute atomic E-state index is 0.339. The Morgan fingerprint density at radius 1 is 1.32 bits per heavy atom. The number of thiol groups is 1. The highest BCUT2D eigenvalue weighted by Crippen LogP contribution is 2.20. The predicted octanol–water partition coefficient (Wildman–Crippen LogP) is 2.94. The average molecular weight is 291 g/mol. The highest BCUT2D eigenvalue weighted by molar-refractivity contribution is 7.81. The van der Waals surface area contributed by atoms with E-state index in [9.17, 15) is 18.0 Å². The summed E-state index contributed by atoms with van der Waals surface area (Å²) in [6.45, 7) is -0.339. The van der Waals surface area contributed by atoms with Crippen LogP contribution in [0.2, 0.25) is 0 Å². The third-order valence-corrected chi connectivity index (χ3v) is 3.07. The van der Waals surface area contributed by atoms with E-state index in [1.165, 1.54) is 7.05 Å². The summed E-state index contributed by atoms with van der Waals surface area (Å²) in [6, 6.07) is 9.24. The highest BCUT2D eigenvalue weighted by Gasteiger charge is 2.29. The van der Waals surface area contributed by atoms with Crippen LogP contribution in [0.3, 0.4) is 0 Å². The number of carbonyl (C=O) groups excluding carboxylic acids is 1. The Labute approximate surface area is 116 Å². The molecule has 1 aromatic carbocycles. The lowest BCUT2D eigenvalue weighted by Crippen LogP contribution is -2.36. The molecule has 0 aliphatic rings. The molecule has 6 heteroatoms. The Hall–Kier alpha value is -1.17. The fourth-order valence-electron chi connectivity index (χ4n) is 1.58. The van der Waals surface area contributed by atoms with Gasteiger partial charge in [0.25, 0.3) is 0 Å². The van der Waals surface area contributed by atoms with E-state index in [0.717, 1.165) is 10.5 Å². The lowest BCUT2D eigenvalue weighted by molar-refractivity contribution is -0.143. The molecule has 0 fully saturated rings. The molecular weight excluding hydrogens is 275 g/mol. The molecule has 0 saturated carbocycles. The largest absolute Gasteiger partial charge is 0.390 e. The van der Waals surface area contributed by atoms with Gasteiger partial charge in [0.05, 0.1) is 11.7 Å². The summed E-state index contributed by atoms with van der Waals surface area (Å²) < 4.78 is 36.2. The summed E-state index contributed by atoms with van der Waals surface area (Å²) in [4.78, 5) is 12.9. The van der Waals surface area contributed by atoms with Crippen LogP contribution in [0.15, 0.2) is 30.3 Å². The fraction of sp³-hybridized carbons (Fsp3) is 0.462. The van der Waals surface area contributed by atoms with Crippen LogP contribution >= 0.6 is 12.6 Å². The number of benzene rings is 1. The summed E-state index contributed by atoms with van der Waals surface area (Å²) in [7, 11) is 1.36. The highest BCUT2D eigenvalue weighted by atomic mass is 32.1. The second-order valence-corrected chi connectivity index (χ2v) is 4.95. The van der Waals surface area contributed by atoms with Gasteiger partial charge in [0.1, 0.15) is 0 Å². The van der Waals surface area contributed by atoms with Crippen molar-refractivity contribution in [3.63, 3.8) is 0 Å². The number of alkyl halides is 3. The molecule has 1 amide bonds. The molecule has 19 heavy (non-hydrogen) atoms. The molecule has 1 unspecified atom stereocenters. The molecular formula is C13H16F3NOS. The van der Waals surface area contributed by atoms with E-state index < -0.39 is 23.8 Å². The van der Waals surface area contributed by atoms with Crippen LogP contribution in [0.5, 0.6) is 0 Å². The first-order chi connectivity index (χ1) is 8.79. The summed E-state index contributed by atoms with van der Waals surface area (Å²) in [6.07, 6.45) is -4.85. The molecule has 2 nitrogen and oxygen atoms in total. The van der Waals surface area contributed by atoms with Crippen LogP contribution in [0.25, 0.3) is 0 Å². The molecule has 0 aromatic heterocycles. The minimum atomic E-state index is -4.25. The van der Waals surface area contributed by atoms with Crippen molar-refractivity contribution in [1.82, 2.24) is 4.90 Å². The number of hydrogen-bond acceptors (Lipinski definition) is 2. The monoisotopic (exact) mass is 291 g/mol. The van der Waals surface area contributed by atoms with Gasteiger partial charge >= 0.3 is 6.18 Å². The number of carbonyl (C=O) groups is 1. The molecule has 0 N–H and O–H groups in total. The molecule has 0 bridgehead atoms. The van der Waals surface area contributed by atoms with Gasteiger partial charge in [0.2, 0.25) is 5.91 Å². The van der Waals surface area contributed by atoms with Crippen LogP contribution in [-0.2, 0) is 11.2 Å². The van der Waals surface area contributed by atoms with Crippen molar-refractivity contribution in [1.29, 1.82) is 0 Å². The number of nitrogens with zero attached hydrogens (tertiary/aromatic N) is 1. The molecule has 0 aliphatic carbocycles. The van der Waals surface area contributed by atoms with Crippen molar-refractivity contribution in [3.05, 3.63) is 35.9 Å². The van der Waals surface area contributed by atoms with Gasteiger partial charge in [-0.25, -0.2) is 0 Å². The summed E-state index contributed by atoms with van der Waals surface area (Å²) in [5, 5.41) is -0.624. The molecule has 1 aromatic rings. The summed E-state index contributed by atoms with van der Waals surface area (Å²) in [5.74, 6) is -0.392. The quantitative estimate of drug-likeness (QED) is 0.827. The molecule has 0 radical (unpaired) electrons. The second-order valence-electron chi connectivity index (χ2n) is 4.33. The third kappa shape index (κ3) is 6.00. The summed E-state index contributed by atoms with van der Waals surface area (Å²) in [5.41, 5.74) is 0.931. The van der Waals surface area contributed by atoms with Crippen molar-refractivity contribution in [2.24, 2.45) is 0 Å². The minimum Gasteiger partial charge on any atom is -0.344 e. The lowest BCUT2D eigenvalue weighted by atomic mass is 10.1. The van der Waals surface area contributed by atoms with Crippen LogP contribution in [-0.4, -0.2) is 35.8 Å². The van der Waals surface area contributed by atoms with E-state index in [1.807, 2.05) is 30.3 Å². The molecule has 0 aliphatic heterocycles. The van der Waals surface area contributed by atoms with Crippen LogP contribution in [0.1, 0.15) is 12.0 Å². The second kappa shape index (κ2) is 6.84. The Bertz CT molecular complexity index is 408. The first-order valence-electron chi connectivity index (χ1n) is 5.83. The van der Waals surface area contributed by atoms with E-state index in [2.05, 4.69) is 12.6 Å². The van der Waals surface area contributed by atoms with Gasteiger partial charge in [0, 0.05) is 13.6 Å². The number of amides is 1. The first-order valence-corrected chi connectivity index (χ1v) is 6.35. The maximum atomic E-state index is 12.1. The first kappa shape index (κ1) is 15.9. The zero-order valence-electron chi connectivity index (χ0n) is 10.5. The zero-order chi connectivity index (χ0) is 14.5. The van der Waals surface area contributed by atoms with E-state index in [-0.39, 0.29) is 6.54 Å². The van der Waals surface area contributed by atoms with Gasteiger partial charge in [-0.15, -0.1) is 0 Å². The van der Waals surface area contributed by atoms with Gasteiger partial charge in [-0.3, -0.25) is 4.79 Å². The zero-order valence-corrected chi connectivity index (χ0v) is 11.4. The smallest absolute Gasteiger partial charge is 0.344 e. The van der Waals surface area contributed by atoms with E-state index in [4.69, 9.17) is 0 Å². The Morgan fingerprint density at radius 2 is 1.89 bits per heavy atom. The third-order valence-electron chi connectivity index (χ3n) is 2.66. The van der Waals surface area contributed by atoms with E-state index in [1.54, 1.807) is 0 Å². The van der Waals surface area contributed by atoms with Crippen LogP contribution < -0.4 is 0 Å². The Balaban J connectivity index is 2.48. The van der Waals surface area contributed by atoms with Crippen molar-refractivity contribution in [3.8, 4) is 0 Å². The topological polar surface area (TPSA) is 20.3 Å². The van der Waals surface area contributed by atoms with Crippen molar-refractivity contribution in [2.75, 3.05) is 13.6 Å². The van der Waals surface area contributed by atoms with Crippen molar-refractivity contribution < 1.29 is 18.0 Å². The standard InChI is InChI=1S/C13H16F3NOS/c1-17(8-7-13(14,15)16)12(18)11(19)9-10-5-3-2-4-6-10/h2-6,11,19H,7-9H2,1H3. The Kier molecular flexibility index (Phi) is 5.72. The number of hydrogen-bond donors (Lipinski definition) is 1. The SMILES string of the molecule is CN(CCC(F)(F)F)C(=O)C(S)Cc1ccccc1. The maximum Gasteiger partial charge on any atom is 0.390 e. The maximum absolute atomic E-state index is 12.1. The molecule has 0 saturated heterocycles. The van der Waals surface area contributed by atoms with E-state index >= 15 is 0 Å². The van der Waals surface area contributed by atoms with Crippen molar-refractivity contribution in [2.45, 2.75) is 24.3 Å².